The third-order valence-corrected chi connectivity index (χ3v) is 6.06. The molecule has 1 aromatic heterocycles. The Kier molecular flexibility index (Phi) is 5.26. The largest absolute Gasteiger partial charge is 0.342 e. The van der Waals surface area contributed by atoms with Gasteiger partial charge >= 0.3 is 0 Å². The number of hydrogen-bond donors (Lipinski definition) is 1. The maximum atomic E-state index is 6.58. The molecule has 0 aliphatic heterocycles. The molecular formula is C23H24ClN3S. The smallest absolute Gasteiger partial charge is 0.173 e. The highest BCUT2D eigenvalue weighted by Crippen LogP contribution is 2.32. The molecule has 0 amide bonds. The molecule has 0 saturated heterocycles. The average molecular weight is 410 g/mol. The number of hydrogen-bond acceptors (Lipinski definition) is 2. The van der Waals surface area contributed by atoms with E-state index in [9.17, 15) is 0 Å². The van der Waals surface area contributed by atoms with Crippen LogP contribution >= 0.6 is 23.8 Å². The van der Waals surface area contributed by atoms with Gasteiger partial charge in [0.2, 0.25) is 0 Å². The number of thiocarbonyl (C=S) groups is 1. The van der Waals surface area contributed by atoms with Gasteiger partial charge in [-0.15, -0.1) is 0 Å². The van der Waals surface area contributed by atoms with Crippen LogP contribution in [0.4, 0.5) is 5.69 Å². The fraction of sp³-hybridized carbons (Fsp3) is 0.304. The Hall–Kier alpha value is -2.17. The van der Waals surface area contributed by atoms with E-state index < -0.39 is 0 Å². The van der Waals surface area contributed by atoms with Crippen LogP contribution in [0, 0.1) is 20.8 Å². The minimum Gasteiger partial charge on any atom is -0.342 e. The van der Waals surface area contributed by atoms with Crippen molar-refractivity contribution in [3.63, 3.8) is 0 Å². The summed E-state index contributed by atoms with van der Waals surface area (Å²) in [6, 6.07) is 15.1. The Morgan fingerprint density at radius 1 is 1.18 bits per heavy atom. The van der Waals surface area contributed by atoms with Crippen LogP contribution in [0.1, 0.15) is 35.1 Å². The quantitative estimate of drug-likeness (QED) is 0.411. The zero-order valence-electron chi connectivity index (χ0n) is 16.4. The van der Waals surface area contributed by atoms with E-state index in [-0.39, 0.29) is 0 Å². The second kappa shape index (κ2) is 7.69. The number of halogens is 1. The van der Waals surface area contributed by atoms with Crippen LogP contribution in [0.5, 0.6) is 0 Å². The van der Waals surface area contributed by atoms with Crippen molar-refractivity contribution in [3.05, 3.63) is 69.9 Å². The highest BCUT2D eigenvalue weighted by atomic mass is 35.5. The number of nitrogens with zero attached hydrogens (tertiary/aromatic N) is 2. The van der Waals surface area contributed by atoms with Gasteiger partial charge in [-0.1, -0.05) is 35.9 Å². The Balaban J connectivity index is 1.60. The second-order valence-corrected chi connectivity index (χ2v) is 8.42. The summed E-state index contributed by atoms with van der Waals surface area (Å²) in [5.74, 6) is 0. The molecule has 4 rings (SSSR count). The lowest BCUT2D eigenvalue weighted by Gasteiger charge is -2.26. The van der Waals surface area contributed by atoms with Crippen molar-refractivity contribution in [2.75, 3.05) is 5.32 Å². The molecule has 1 aliphatic carbocycles. The van der Waals surface area contributed by atoms with Crippen LogP contribution in [0.3, 0.4) is 0 Å². The van der Waals surface area contributed by atoms with Crippen molar-refractivity contribution >= 4 is 45.5 Å². The van der Waals surface area contributed by atoms with Crippen molar-refractivity contribution in [2.24, 2.45) is 0 Å². The van der Waals surface area contributed by atoms with Crippen molar-refractivity contribution in [3.8, 4) is 0 Å². The predicted octanol–water partition coefficient (Wildman–Crippen LogP) is 6.17. The molecule has 0 atom stereocenters. The SMILES string of the molecule is Cc1cccc(NC(=S)N(Cc2cc3ccc(C)c(C)c3nc2Cl)C2CC2)c1. The molecular weight excluding hydrogens is 386 g/mol. The Bertz CT molecular complexity index is 1060. The third-order valence-electron chi connectivity index (χ3n) is 5.40. The second-order valence-electron chi connectivity index (χ2n) is 7.68. The number of anilines is 1. The van der Waals surface area contributed by atoms with Crippen LogP contribution in [0.2, 0.25) is 5.15 Å². The van der Waals surface area contributed by atoms with Crippen molar-refractivity contribution in [1.29, 1.82) is 0 Å². The van der Waals surface area contributed by atoms with Gasteiger partial charge in [0.25, 0.3) is 0 Å². The van der Waals surface area contributed by atoms with Gasteiger partial charge < -0.3 is 10.2 Å². The molecule has 1 saturated carbocycles. The monoisotopic (exact) mass is 409 g/mol. The summed E-state index contributed by atoms with van der Waals surface area (Å²) >= 11 is 12.3. The molecule has 0 bridgehead atoms. The van der Waals surface area contributed by atoms with Gasteiger partial charge in [0.15, 0.2) is 5.11 Å². The number of aryl methyl sites for hydroxylation is 3. The van der Waals surface area contributed by atoms with Gasteiger partial charge in [0.05, 0.1) is 5.52 Å². The van der Waals surface area contributed by atoms with Crippen molar-refractivity contribution in [1.82, 2.24) is 9.88 Å². The molecule has 1 aliphatic rings. The van der Waals surface area contributed by atoms with Gasteiger partial charge in [-0.2, -0.15) is 0 Å². The number of fused-ring (bicyclic) bond motifs is 1. The Morgan fingerprint density at radius 3 is 2.68 bits per heavy atom. The van der Waals surface area contributed by atoms with Crippen molar-refractivity contribution in [2.45, 2.75) is 46.2 Å². The highest BCUT2D eigenvalue weighted by Gasteiger charge is 2.31. The molecule has 5 heteroatoms. The first-order valence-corrected chi connectivity index (χ1v) is 10.4. The summed E-state index contributed by atoms with van der Waals surface area (Å²) in [7, 11) is 0. The summed E-state index contributed by atoms with van der Waals surface area (Å²) < 4.78 is 0. The number of aromatic nitrogens is 1. The number of pyridine rings is 1. The first kappa shape index (κ1) is 19.2. The van der Waals surface area contributed by atoms with E-state index in [1.165, 1.54) is 16.7 Å². The fourth-order valence-corrected chi connectivity index (χ4v) is 4.00. The zero-order valence-corrected chi connectivity index (χ0v) is 18.0. The molecule has 144 valence electrons. The maximum Gasteiger partial charge on any atom is 0.173 e. The molecule has 2 aromatic carbocycles. The van der Waals surface area contributed by atoms with Crippen LogP contribution in [0.25, 0.3) is 10.9 Å². The summed E-state index contributed by atoms with van der Waals surface area (Å²) in [5.41, 5.74) is 6.63. The molecule has 3 aromatic rings. The van der Waals surface area contributed by atoms with Crippen LogP contribution in [-0.4, -0.2) is 21.0 Å². The van der Waals surface area contributed by atoms with Crippen LogP contribution in [-0.2, 0) is 6.54 Å². The van der Waals surface area contributed by atoms with Crippen LogP contribution in [0.15, 0.2) is 42.5 Å². The number of rotatable bonds is 4. The van der Waals surface area contributed by atoms with E-state index in [0.717, 1.165) is 40.1 Å². The zero-order chi connectivity index (χ0) is 19.8. The van der Waals surface area contributed by atoms with Gasteiger partial charge in [0.1, 0.15) is 5.15 Å². The Morgan fingerprint density at radius 2 is 1.96 bits per heavy atom. The predicted molar refractivity (Wildman–Crippen MR) is 122 cm³/mol. The normalized spacial score (nSPS) is 13.6. The summed E-state index contributed by atoms with van der Waals surface area (Å²) in [6.07, 6.45) is 2.32. The van der Waals surface area contributed by atoms with Crippen molar-refractivity contribution < 1.29 is 0 Å². The Labute approximate surface area is 176 Å². The lowest BCUT2D eigenvalue weighted by Crippen LogP contribution is -2.36. The number of benzene rings is 2. The molecule has 1 fully saturated rings. The topological polar surface area (TPSA) is 28.2 Å². The first-order valence-electron chi connectivity index (χ1n) is 9.62. The van der Waals surface area contributed by atoms with Gasteiger partial charge in [-0.25, -0.2) is 4.98 Å². The number of nitrogens with one attached hydrogen (secondary N) is 1. The van der Waals surface area contributed by atoms with E-state index >= 15 is 0 Å². The van der Waals surface area contributed by atoms with Crippen LogP contribution < -0.4 is 5.32 Å². The summed E-state index contributed by atoms with van der Waals surface area (Å²) in [4.78, 5) is 6.94. The standard InChI is InChI=1S/C23H24ClN3S/c1-14-5-4-6-19(11-14)25-23(28)27(20-9-10-20)13-18-12-17-8-7-15(2)16(3)21(17)26-22(18)24/h4-8,11-12,20H,9-10,13H2,1-3H3,(H,25,28). The molecule has 3 nitrogen and oxygen atoms in total. The van der Waals surface area contributed by atoms with Gasteiger partial charge in [-0.05, 0) is 80.7 Å². The van der Waals surface area contributed by atoms with E-state index in [1.54, 1.807) is 0 Å². The van der Waals surface area contributed by atoms with E-state index in [2.05, 4.69) is 61.3 Å². The van der Waals surface area contributed by atoms with E-state index in [1.807, 2.05) is 12.1 Å². The lowest BCUT2D eigenvalue weighted by atomic mass is 10.0. The summed E-state index contributed by atoms with van der Waals surface area (Å²) in [6.45, 7) is 6.94. The maximum absolute atomic E-state index is 6.58. The molecule has 1 heterocycles. The van der Waals surface area contributed by atoms with E-state index in [4.69, 9.17) is 28.8 Å². The minimum absolute atomic E-state index is 0.469. The fourth-order valence-electron chi connectivity index (χ4n) is 3.47. The van der Waals surface area contributed by atoms with E-state index in [0.29, 0.717) is 17.7 Å². The highest BCUT2D eigenvalue weighted by molar-refractivity contribution is 7.80. The van der Waals surface area contributed by atoms with Gasteiger partial charge in [-0.3, -0.25) is 0 Å². The van der Waals surface area contributed by atoms with Gasteiger partial charge in [0, 0.05) is 29.2 Å². The average Bonchev–Trinajstić information content (AvgIpc) is 3.48. The molecule has 0 radical (unpaired) electrons. The third kappa shape index (κ3) is 3.98. The molecule has 1 N–H and O–H groups in total. The molecule has 0 spiro atoms. The lowest BCUT2D eigenvalue weighted by molar-refractivity contribution is 0.409. The first-order chi connectivity index (χ1) is 13.4. The molecule has 28 heavy (non-hydrogen) atoms. The molecule has 0 unspecified atom stereocenters. The minimum atomic E-state index is 0.469. The summed E-state index contributed by atoms with van der Waals surface area (Å²) in [5, 5.41) is 5.81.